The number of methoxy groups -OCH3 is 1. The molecule has 0 aliphatic rings. The number of ether oxygens (including phenoxy) is 1. The van der Waals surface area contributed by atoms with Gasteiger partial charge in [-0.3, -0.25) is 10.1 Å². The lowest BCUT2D eigenvalue weighted by molar-refractivity contribution is -0.385. The van der Waals surface area contributed by atoms with Crippen LogP contribution in [-0.4, -0.2) is 22.0 Å². The minimum absolute atomic E-state index is 0.0593. The largest absolute Gasteiger partial charge is 0.480 e. The molecule has 104 valence electrons. The highest BCUT2D eigenvalue weighted by Crippen LogP contribution is 2.23. The molecular formula is C12H11BrN4O3. The Bertz CT molecular complexity index is 636. The molecule has 1 aromatic carbocycles. The summed E-state index contributed by atoms with van der Waals surface area (Å²) < 4.78 is 5.69. The van der Waals surface area contributed by atoms with Crippen LogP contribution in [0.2, 0.25) is 0 Å². The van der Waals surface area contributed by atoms with Gasteiger partial charge in [-0.05, 0) is 15.9 Å². The number of hydrogen-bond donors (Lipinski definition) is 1. The van der Waals surface area contributed by atoms with Crippen LogP contribution < -0.4 is 10.1 Å². The Morgan fingerprint density at radius 1 is 1.45 bits per heavy atom. The Morgan fingerprint density at radius 2 is 2.20 bits per heavy atom. The van der Waals surface area contributed by atoms with E-state index in [0.717, 1.165) is 0 Å². The van der Waals surface area contributed by atoms with Gasteiger partial charge in [0.1, 0.15) is 0 Å². The number of nitro groups is 1. The molecule has 0 saturated carbocycles. The Hall–Kier alpha value is -2.22. The third-order valence-electron chi connectivity index (χ3n) is 2.53. The van der Waals surface area contributed by atoms with Crippen LogP contribution in [0, 0.1) is 10.1 Å². The molecule has 0 bridgehead atoms. The van der Waals surface area contributed by atoms with Gasteiger partial charge in [-0.25, -0.2) is 4.98 Å². The molecule has 0 fully saturated rings. The number of halogens is 1. The highest BCUT2D eigenvalue weighted by Gasteiger charge is 2.12. The Morgan fingerprint density at radius 3 is 2.90 bits per heavy atom. The Balaban J connectivity index is 2.15. The van der Waals surface area contributed by atoms with E-state index in [1.165, 1.54) is 13.2 Å². The predicted molar refractivity (Wildman–Crippen MR) is 76.7 cm³/mol. The minimum Gasteiger partial charge on any atom is -0.480 e. The molecule has 0 spiro atoms. The number of nitrogens with one attached hydrogen (secondary N) is 1. The molecule has 7 nitrogen and oxygen atoms in total. The monoisotopic (exact) mass is 338 g/mol. The number of benzene rings is 1. The molecule has 1 N–H and O–H groups in total. The summed E-state index contributed by atoms with van der Waals surface area (Å²) in [5.41, 5.74) is 0.618. The van der Waals surface area contributed by atoms with Crippen LogP contribution in [0.4, 0.5) is 11.6 Å². The Labute approximate surface area is 123 Å². The van der Waals surface area contributed by atoms with Gasteiger partial charge in [-0.1, -0.05) is 18.2 Å². The predicted octanol–water partition coefficient (Wildman–Crippen LogP) is 2.77. The number of anilines is 1. The molecule has 0 atom stereocenters. The van der Waals surface area contributed by atoms with E-state index in [4.69, 9.17) is 4.74 Å². The maximum absolute atomic E-state index is 10.9. The average molecular weight is 339 g/mol. The summed E-state index contributed by atoms with van der Waals surface area (Å²) in [6.45, 7) is 0.252. The van der Waals surface area contributed by atoms with Crippen LogP contribution in [0.1, 0.15) is 5.56 Å². The summed E-state index contributed by atoms with van der Waals surface area (Å²) in [5.74, 6) is 0.730. The van der Waals surface area contributed by atoms with Crippen molar-refractivity contribution in [1.29, 1.82) is 0 Å². The zero-order chi connectivity index (χ0) is 14.5. The van der Waals surface area contributed by atoms with E-state index in [1.807, 2.05) is 0 Å². The fourth-order valence-electron chi connectivity index (χ4n) is 1.59. The van der Waals surface area contributed by atoms with Crippen molar-refractivity contribution in [3.63, 3.8) is 0 Å². The van der Waals surface area contributed by atoms with Crippen molar-refractivity contribution in [2.24, 2.45) is 0 Å². The molecule has 0 saturated heterocycles. The first-order valence-electron chi connectivity index (χ1n) is 5.64. The first-order chi connectivity index (χ1) is 9.61. The van der Waals surface area contributed by atoms with Crippen LogP contribution in [0.3, 0.4) is 0 Å². The van der Waals surface area contributed by atoms with E-state index < -0.39 is 4.92 Å². The summed E-state index contributed by atoms with van der Waals surface area (Å²) in [5, 5.41) is 13.8. The summed E-state index contributed by atoms with van der Waals surface area (Å²) in [4.78, 5) is 18.7. The second-order valence-electron chi connectivity index (χ2n) is 3.79. The van der Waals surface area contributed by atoms with Crippen molar-refractivity contribution in [1.82, 2.24) is 9.97 Å². The first-order valence-corrected chi connectivity index (χ1v) is 6.44. The fourth-order valence-corrected chi connectivity index (χ4v) is 1.95. The molecular weight excluding hydrogens is 328 g/mol. The van der Waals surface area contributed by atoms with Crippen LogP contribution in [0.5, 0.6) is 5.88 Å². The molecule has 2 rings (SSSR count). The molecule has 8 heteroatoms. The summed E-state index contributed by atoms with van der Waals surface area (Å²) in [6, 6.07) is 6.51. The molecule has 0 aliphatic carbocycles. The van der Waals surface area contributed by atoms with Gasteiger partial charge in [-0.15, -0.1) is 0 Å². The topological polar surface area (TPSA) is 90.2 Å². The van der Waals surface area contributed by atoms with Crippen LogP contribution >= 0.6 is 15.9 Å². The fraction of sp³-hybridized carbons (Fsp3) is 0.167. The summed E-state index contributed by atoms with van der Waals surface area (Å²) in [6.07, 6.45) is 1.55. The highest BCUT2D eigenvalue weighted by atomic mass is 79.9. The third kappa shape index (κ3) is 3.21. The normalized spacial score (nSPS) is 10.1. The van der Waals surface area contributed by atoms with Crippen LogP contribution in [-0.2, 0) is 6.54 Å². The molecule has 0 amide bonds. The number of rotatable bonds is 5. The SMILES string of the molecule is COc1nc(NCc2ccccc2[N+](=O)[O-])ncc1Br. The molecule has 1 aromatic heterocycles. The average Bonchev–Trinajstić information content (AvgIpc) is 2.46. The van der Waals surface area contributed by atoms with Crippen molar-refractivity contribution < 1.29 is 9.66 Å². The smallest absolute Gasteiger partial charge is 0.274 e. The van der Waals surface area contributed by atoms with Gasteiger partial charge in [0.05, 0.1) is 22.7 Å². The second kappa shape index (κ2) is 6.29. The van der Waals surface area contributed by atoms with Gasteiger partial charge in [0.25, 0.3) is 5.69 Å². The van der Waals surface area contributed by atoms with Gasteiger partial charge in [0.2, 0.25) is 11.8 Å². The lowest BCUT2D eigenvalue weighted by Gasteiger charge is -2.07. The van der Waals surface area contributed by atoms with Crippen molar-refractivity contribution in [2.45, 2.75) is 6.54 Å². The molecule has 0 aliphatic heterocycles. The molecule has 0 unspecified atom stereocenters. The maximum atomic E-state index is 10.9. The first kappa shape index (κ1) is 14.2. The van der Waals surface area contributed by atoms with E-state index in [9.17, 15) is 10.1 Å². The highest BCUT2D eigenvalue weighted by molar-refractivity contribution is 9.10. The van der Waals surface area contributed by atoms with Gasteiger partial charge < -0.3 is 10.1 Å². The minimum atomic E-state index is -0.417. The van der Waals surface area contributed by atoms with E-state index in [0.29, 0.717) is 21.9 Å². The summed E-state index contributed by atoms with van der Waals surface area (Å²) in [7, 11) is 1.50. The number of hydrogen-bond acceptors (Lipinski definition) is 6. The van der Waals surface area contributed by atoms with Crippen LogP contribution in [0.15, 0.2) is 34.9 Å². The molecule has 2 aromatic rings. The number of para-hydroxylation sites is 1. The van der Waals surface area contributed by atoms with Crippen molar-refractivity contribution in [3.05, 3.63) is 50.6 Å². The van der Waals surface area contributed by atoms with Crippen LogP contribution in [0.25, 0.3) is 0 Å². The molecule has 20 heavy (non-hydrogen) atoms. The second-order valence-corrected chi connectivity index (χ2v) is 4.64. The maximum Gasteiger partial charge on any atom is 0.274 e. The lowest BCUT2D eigenvalue weighted by Crippen LogP contribution is -2.06. The van der Waals surface area contributed by atoms with Crippen molar-refractivity contribution in [3.8, 4) is 5.88 Å². The zero-order valence-corrected chi connectivity index (χ0v) is 12.1. The quantitative estimate of drug-likeness (QED) is 0.665. The third-order valence-corrected chi connectivity index (χ3v) is 3.07. The van der Waals surface area contributed by atoms with Crippen molar-refractivity contribution in [2.75, 3.05) is 12.4 Å². The zero-order valence-electron chi connectivity index (χ0n) is 10.5. The standard InChI is InChI=1S/C12H11BrN4O3/c1-20-11-9(13)7-15-12(16-11)14-6-8-4-2-3-5-10(8)17(18)19/h2-5,7H,6H2,1H3,(H,14,15,16). The number of nitro benzene ring substituents is 1. The molecule has 0 radical (unpaired) electrons. The molecule has 1 heterocycles. The van der Waals surface area contributed by atoms with Gasteiger partial charge >= 0.3 is 0 Å². The van der Waals surface area contributed by atoms with Gasteiger partial charge in [0, 0.05) is 18.2 Å². The van der Waals surface area contributed by atoms with E-state index >= 15 is 0 Å². The van der Waals surface area contributed by atoms with Crippen molar-refractivity contribution >= 4 is 27.6 Å². The van der Waals surface area contributed by atoms with Gasteiger partial charge in [-0.2, -0.15) is 4.98 Å². The lowest BCUT2D eigenvalue weighted by atomic mass is 10.2. The van der Waals surface area contributed by atoms with E-state index in [2.05, 4.69) is 31.2 Å². The number of aromatic nitrogens is 2. The summed E-state index contributed by atoms with van der Waals surface area (Å²) >= 11 is 3.25. The van der Waals surface area contributed by atoms with E-state index in [1.54, 1.807) is 24.4 Å². The van der Waals surface area contributed by atoms with E-state index in [-0.39, 0.29) is 12.2 Å². The van der Waals surface area contributed by atoms with Gasteiger partial charge in [0.15, 0.2) is 0 Å². The number of nitrogens with zero attached hydrogens (tertiary/aromatic N) is 3. The Kier molecular flexibility index (Phi) is 4.46.